The second-order valence-electron chi connectivity index (χ2n) is 6.67. The van der Waals surface area contributed by atoms with E-state index in [1.54, 1.807) is 0 Å². The monoisotopic (exact) mass is 329 g/mol. The van der Waals surface area contributed by atoms with Crippen molar-refractivity contribution in [2.75, 3.05) is 0 Å². The zero-order valence-electron chi connectivity index (χ0n) is 14.3. The van der Waals surface area contributed by atoms with Crippen LogP contribution in [0, 0.1) is 5.92 Å². The Morgan fingerprint density at radius 3 is 2.40 bits per heavy atom. The second kappa shape index (κ2) is 7.47. The number of nitrogens with one attached hydrogen (secondary N) is 1. The first kappa shape index (κ1) is 15.8. The van der Waals surface area contributed by atoms with E-state index in [4.69, 9.17) is 4.99 Å². The number of nitrogens with zero attached hydrogens (tertiary/aromatic N) is 2. The number of benzene rings is 2. The van der Waals surface area contributed by atoms with Gasteiger partial charge >= 0.3 is 0 Å². The van der Waals surface area contributed by atoms with Crippen LogP contribution in [0.3, 0.4) is 0 Å². The average molecular weight is 329 g/mol. The number of rotatable bonds is 5. The molecule has 2 aliphatic rings. The highest BCUT2D eigenvalue weighted by molar-refractivity contribution is 5.85. The molecule has 25 heavy (non-hydrogen) atoms. The van der Waals surface area contributed by atoms with Crippen LogP contribution in [-0.4, -0.2) is 18.1 Å². The van der Waals surface area contributed by atoms with Gasteiger partial charge < -0.3 is 5.32 Å². The summed E-state index contributed by atoms with van der Waals surface area (Å²) in [5.74, 6) is 1.47. The number of aryl methyl sites for hydroxylation is 1. The summed E-state index contributed by atoms with van der Waals surface area (Å²) in [4.78, 5) is 9.41. The summed E-state index contributed by atoms with van der Waals surface area (Å²) in [6.07, 6.45) is 9.06. The lowest BCUT2D eigenvalue weighted by Crippen LogP contribution is -2.32. The molecule has 0 radical (unpaired) electrons. The summed E-state index contributed by atoms with van der Waals surface area (Å²) < 4.78 is 0. The fourth-order valence-electron chi connectivity index (χ4n) is 3.61. The summed E-state index contributed by atoms with van der Waals surface area (Å²) in [5, 5.41) is 3.69. The van der Waals surface area contributed by atoms with E-state index in [1.165, 1.54) is 11.1 Å². The van der Waals surface area contributed by atoms with E-state index in [0.717, 1.165) is 25.1 Å². The topological polar surface area (TPSA) is 36.8 Å². The molecule has 0 spiro atoms. The van der Waals surface area contributed by atoms with E-state index < -0.39 is 0 Å². The van der Waals surface area contributed by atoms with Crippen LogP contribution < -0.4 is 5.32 Å². The van der Waals surface area contributed by atoms with Crippen molar-refractivity contribution in [1.29, 1.82) is 0 Å². The molecule has 3 nitrogen and oxygen atoms in total. The van der Waals surface area contributed by atoms with E-state index >= 15 is 0 Å². The van der Waals surface area contributed by atoms with Crippen LogP contribution in [0.5, 0.6) is 0 Å². The summed E-state index contributed by atoms with van der Waals surface area (Å²) in [6.45, 7) is 0. The van der Waals surface area contributed by atoms with Crippen LogP contribution in [0.4, 0.5) is 0 Å². The predicted octanol–water partition coefficient (Wildman–Crippen LogP) is 4.34. The third-order valence-corrected chi connectivity index (χ3v) is 4.94. The smallest absolute Gasteiger partial charge is 0.0976 e. The predicted molar refractivity (Wildman–Crippen MR) is 104 cm³/mol. The molecule has 0 aromatic heterocycles. The Bertz CT molecular complexity index is 777. The summed E-state index contributed by atoms with van der Waals surface area (Å²) >= 11 is 0. The molecule has 0 saturated carbocycles. The number of hydrogen-bond donors (Lipinski definition) is 1. The molecule has 0 fully saturated rings. The van der Waals surface area contributed by atoms with Gasteiger partial charge in [-0.05, 0) is 24.0 Å². The Kier molecular flexibility index (Phi) is 4.73. The van der Waals surface area contributed by atoms with Crippen LogP contribution in [0.15, 0.2) is 82.9 Å². The molecule has 2 aliphatic heterocycles. The van der Waals surface area contributed by atoms with Gasteiger partial charge in [-0.25, -0.2) is 0 Å². The summed E-state index contributed by atoms with van der Waals surface area (Å²) in [7, 11) is 0. The fourth-order valence-corrected chi connectivity index (χ4v) is 3.61. The molecular formula is C22H23N3. The van der Waals surface area contributed by atoms with Crippen LogP contribution in [0.2, 0.25) is 0 Å². The highest BCUT2D eigenvalue weighted by Gasteiger charge is 2.34. The van der Waals surface area contributed by atoms with Crippen molar-refractivity contribution in [3.05, 3.63) is 84.1 Å². The van der Waals surface area contributed by atoms with Gasteiger partial charge in [0.1, 0.15) is 0 Å². The third-order valence-electron chi connectivity index (χ3n) is 4.94. The van der Waals surface area contributed by atoms with E-state index in [9.17, 15) is 0 Å². The number of amidine groups is 1. The minimum atomic E-state index is 0.210. The molecule has 0 amide bonds. The van der Waals surface area contributed by atoms with Crippen molar-refractivity contribution in [1.82, 2.24) is 5.32 Å². The van der Waals surface area contributed by atoms with Crippen molar-refractivity contribution in [3.8, 4) is 0 Å². The first-order valence-electron chi connectivity index (χ1n) is 9.00. The standard InChI is InChI=1S/C22H23N3/c1-3-8-17(9-4-1)13-14-20-24-21(18-10-5-2-6-11-18)22(25-20)19-12-7-15-23-16-19/h1-11,15-16,19,21-22H,12-14H2,(H,24,25)/t19?,21-,22+/m1/s1. The van der Waals surface area contributed by atoms with Crippen molar-refractivity contribution in [2.24, 2.45) is 15.9 Å². The van der Waals surface area contributed by atoms with Gasteiger partial charge in [-0.15, -0.1) is 0 Å². The maximum atomic E-state index is 5.06. The second-order valence-corrected chi connectivity index (χ2v) is 6.67. The Morgan fingerprint density at radius 2 is 1.68 bits per heavy atom. The Morgan fingerprint density at radius 1 is 0.920 bits per heavy atom. The van der Waals surface area contributed by atoms with E-state index in [-0.39, 0.29) is 12.1 Å². The minimum Gasteiger partial charge on any atom is -0.365 e. The SMILES string of the molecule is C1=CN=CC([C@@H]2N=C(CCc3ccccc3)N[C@@H]2c2ccccc2)C1. The molecule has 0 aliphatic carbocycles. The van der Waals surface area contributed by atoms with Gasteiger partial charge in [0.2, 0.25) is 0 Å². The van der Waals surface area contributed by atoms with Gasteiger partial charge in [-0.3, -0.25) is 9.98 Å². The molecule has 2 heterocycles. The zero-order valence-corrected chi connectivity index (χ0v) is 14.3. The van der Waals surface area contributed by atoms with Crippen LogP contribution in [-0.2, 0) is 6.42 Å². The maximum absolute atomic E-state index is 5.06. The van der Waals surface area contributed by atoms with Gasteiger partial charge in [-0.1, -0.05) is 66.7 Å². The lowest BCUT2D eigenvalue weighted by Gasteiger charge is -2.24. The highest BCUT2D eigenvalue weighted by Crippen LogP contribution is 2.31. The molecule has 3 atom stereocenters. The molecule has 1 N–H and O–H groups in total. The summed E-state index contributed by atoms with van der Waals surface area (Å²) in [5.41, 5.74) is 2.66. The molecule has 1 unspecified atom stereocenters. The molecular weight excluding hydrogens is 306 g/mol. The Balaban J connectivity index is 1.52. The van der Waals surface area contributed by atoms with Crippen LogP contribution in [0.25, 0.3) is 0 Å². The van der Waals surface area contributed by atoms with E-state index in [2.05, 4.69) is 83.3 Å². The van der Waals surface area contributed by atoms with Gasteiger partial charge in [0.25, 0.3) is 0 Å². The van der Waals surface area contributed by atoms with Crippen LogP contribution >= 0.6 is 0 Å². The van der Waals surface area contributed by atoms with Gasteiger partial charge in [0.15, 0.2) is 0 Å². The highest BCUT2D eigenvalue weighted by atomic mass is 15.1. The van der Waals surface area contributed by atoms with Crippen LogP contribution in [0.1, 0.15) is 30.0 Å². The minimum absolute atomic E-state index is 0.210. The van der Waals surface area contributed by atoms with Crippen molar-refractivity contribution >= 4 is 12.1 Å². The number of aliphatic imine (C=N–C) groups is 2. The molecule has 2 aromatic rings. The molecule has 2 aromatic carbocycles. The molecule has 0 bridgehead atoms. The maximum Gasteiger partial charge on any atom is 0.0976 e. The quantitative estimate of drug-likeness (QED) is 0.870. The lowest BCUT2D eigenvalue weighted by molar-refractivity contribution is 0.461. The first-order chi connectivity index (χ1) is 12.4. The van der Waals surface area contributed by atoms with Gasteiger partial charge in [0.05, 0.1) is 17.9 Å². The lowest BCUT2D eigenvalue weighted by atomic mass is 9.88. The van der Waals surface area contributed by atoms with Crippen molar-refractivity contribution in [2.45, 2.75) is 31.3 Å². The van der Waals surface area contributed by atoms with E-state index in [1.807, 2.05) is 6.20 Å². The van der Waals surface area contributed by atoms with Gasteiger partial charge in [-0.2, -0.15) is 0 Å². The molecule has 3 heteroatoms. The van der Waals surface area contributed by atoms with Crippen molar-refractivity contribution in [3.63, 3.8) is 0 Å². The largest absolute Gasteiger partial charge is 0.365 e. The fraction of sp³-hybridized carbons (Fsp3) is 0.273. The van der Waals surface area contributed by atoms with E-state index in [0.29, 0.717) is 5.92 Å². The zero-order chi connectivity index (χ0) is 16.9. The van der Waals surface area contributed by atoms with Crippen molar-refractivity contribution < 1.29 is 0 Å². The summed E-state index contributed by atoms with van der Waals surface area (Å²) in [6, 6.07) is 21.7. The molecule has 4 rings (SSSR count). The average Bonchev–Trinajstić information content (AvgIpc) is 3.13. The number of allylic oxidation sites excluding steroid dienone is 1. The molecule has 126 valence electrons. The first-order valence-corrected chi connectivity index (χ1v) is 9.00. The Labute approximate surface area is 149 Å². The van der Waals surface area contributed by atoms with Gasteiger partial charge in [0, 0.05) is 24.8 Å². The Hall–Kier alpha value is -2.68. The third kappa shape index (κ3) is 3.71. The normalized spacial score (nSPS) is 24.8. The molecule has 0 saturated heterocycles. The number of hydrogen-bond acceptors (Lipinski definition) is 3.